The molecule has 5 rings (SSSR count). The largest absolute Gasteiger partial charge is 0.335 e. The van der Waals surface area contributed by atoms with Gasteiger partial charge in [-0.05, 0) is 50.0 Å². The Morgan fingerprint density at radius 3 is 2.88 bits per heavy atom. The number of carbonyl (C=O) groups is 1. The van der Waals surface area contributed by atoms with Crippen LogP contribution in [0.1, 0.15) is 61.6 Å². The van der Waals surface area contributed by atoms with E-state index < -0.39 is 0 Å². The quantitative estimate of drug-likeness (QED) is 0.903. The summed E-state index contributed by atoms with van der Waals surface area (Å²) in [5.74, 6) is 1.68. The molecule has 4 fully saturated rings. The molecule has 24 heavy (non-hydrogen) atoms. The van der Waals surface area contributed by atoms with Crippen molar-refractivity contribution in [2.75, 3.05) is 26.2 Å². The number of aromatic amines is 1. The first-order chi connectivity index (χ1) is 11.7. The molecule has 1 aromatic rings. The van der Waals surface area contributed by atoms with Crippen LogP contribution in [0, 0.1) is 11.8 Å². The average molecular weight is 330 g/mol. The van der Waals surface area contributed by atoms with Gasteiger partial charge in [-0.1, -0.05) is 19.8 Å². The summed E-state index contributed by atoms with van der Waals surface area (Å²) in [7, 11) is 0. The van der Waals surface area contributed by atoms with Gasteiger partial charge in [-0.3, -0.25) is 14.8 Å². The number of amides is 1. The number of carbonyl (C=O) groups excluding carboxylic acids is 1. The van der Waals surface area contributed by atoms with Gasteiger partial charge in [0.25, 0.3) is 5.91 Å². The number of hydrogen-bond acceptors (Lipinski definition) is 3. The predicted molar refractivity (Wildman–Crippen MR) is 93.9 cm³/mol. The molecule has 5 nitrogen and oxygen atoms in total. The van der Waals surface area contributed by atoms with Crippen molar-refractivity contribution in [2.24, 2.45) is 11.8 Å². The van der Waals surface area contributed by atoms with Crippen LogP contribution in [0.2, 0.25) is 0 Å². The highest BCUT2D eigenvalue weighted by atomic mass is 16.2. The predicted octanol–water partition coefficient (Wildman–Crippen LogP) is 2.70. The van der Waals surface area contributed by atoms with E-state index in [1.807, 2.05) is 6.07 Å². The van der Waals surface area contributed by atoms with Crippen molar-refractivity contribution in [3.8, 4) is 0 Å². The normalized spacial score (nSPS) is 28.0. The highest BCUT2D eigenvalue weighted by molar-refractivity contribution is 5.92. The number of nitrogens with one attached hydrogen (secondary N) is 1. The first-order valence-electron chi connectivity index (χ1n) is 9.80. The van der Waals surface area contributed by atoms with Crippen molar-refractivity contribution >= 4 is 5.91 Å². The van der Waals surface area contributed by atoms with Crippen molar-refractivity contribution < 1.29 is 4.79 Å². The van der Waals surface area contributed by atoms with Crippen LogP contribution in [-0.4, -0.2) is 58.1 Å². The number of aryl methyl sites for hydroxylation is 1. The van der Waals surface area contributed by atoms with Gasteiger partial charge in [0.1, 0.15) is 5.69 Å². The average Bonchev–Trinajstić information content (AvgIpc) is 2.82. The van der Waals surface area contributed by atoms with Crippen LogP contribution >= 0.6 is 0 Å². The van der Waals surface area contributed by atoms with E-state index in [-0.39, 0.29) is 5.91 Å². The molecule has 0 aromatic carbocycles. The molecule has 0 unspecified atom stereocenters. The maximum atomic E-state index is 12.9. The van der Waals surface area contributed by atoms with Gasteiger partial charge in [0.2, 0.25) is 0 Å². The molecule has 132 valence electrons. The summed E-state index contributed by atoms with van der Waals surface area (Å²) in [6.45, 7) is 6.38. The highest BCUT2D eigenvalue weighted by Gasteiger charge is 2.38. The number of piperidine rings is 1. The van der Waals surface area contributed by atoms with Gasteiger partial charge in [0, 0.05) is 37.9 Å². The molecule has 3 aliphatic heterocycles. The van der Waals surface area contributed by atoms with Crippen LogP contribution in [0.15, 0.2) is 6.07 Å². The van der Waals surface area contributed by atoms with Gasteiger partial charge in [-0.2, -0.15) is 5.10 Å². The molecule has 1 aromatic heterocycles. The van der Waals surface area contributed by atoms with Gasteiger partial charge in [-0.15, -0.1) is 0 Å². The first kappa shape index (κ1) is 16.1. The second-order valence-electron chi connectivity index (χ2n) is 8.09. The van der Waals surface area contributed by atoms with E-state index in [0.717, 1.165) is 37.5 Å². The molecule has 0 spiro atoms. The molecule has 1 amide bonds. The van der Waals surface area contributed by atoms with E-state index in [9.17, 15) is 4.79 Å². The lowest BCUT2D eigenvalue weighted by Gasteiger charge is -2.40. The Labute approximate surface area is 144 Å². The fourth-order valence-corrected chi connectivity index (χ4v) is 4.61. The molecule has 2 atom stereocenters. The van der Waals surface area contributed by atoms with Gasteiger partial charge in [0.15, 0.2) is 0 Å². The second kappa shape index (κ2) is 6.87. The maximum Gasteiger partial charge on any atom is 0.274 e. The SMILES string of the molecule is CCCc1cc(C(=O)N2C[C@H]3CC[C@@H](C2)N(CC2CCC2)C3)n[nH]1. The van der Waals surface area contributed by atoms with Crippen LogP contribution in [0.25, 0.3) is 0 Å². The van der Waals surface area contributed by atoms with E-state index in [1.165, 1.54) is 45.2 Å². The lowest BCUT2D eigenvalue weighted by Crippen LogP contribution is -2.47. The molecule has 1 N–H and O–H groups in total. The summed E-state index contributed by atoms with van der Waals surface area (Å²) < 4.78 is 0. The van der Waals surface area contributed by atoms with Crippen LogP contribution in [0.3, 0.4) is 0 Å². The Balaban J connectivity index is 1.43. The Morgan fingerprint density at radius 1 is 1.25 bits per heavy atom. The number of nitrogens with zero attached hydrogens (tertiary/aromatic N) is 3. The molecular weight excluding hydrogens is 300 g/mol. The third-order valence-corrected chi connectivity index (χ3v) is 6.20. The molecule has 1 saturated carbocycles. The maximum absolute atomic E-state index is 12.9. The van der Waals surface area contributed by atoms with Gasteiger partial charge in [-0.25, -0.2) is 0 Å². The third kappa shape index (κ3) is 3.23. The van der Waals surface area contributed by atoms with Crippen molar-refractivity contribution in [2.45, 2.75) is 57.9 Å². The lowest BCUT2D eigenvalue weighted by atomic mass is 9.83. The summed E-state index contributed by atoms with van der Waals surface area (Å²) in [4.78, 5) is 17.7. The van der Waals surface area contributed by atoms with Crippen molar-refractivity contribution in [1.82, 2.24) is 20.0 Å². The summed E-state index contributed by atoms with van der Waals surface area (Å²) in [6.07, 6.45) is 8.78. The van der Waals surface area contributed by atoms with Crippen LogP contribution in [-0.2, 0) is 6.42 Å². The van der Waals surface area contributed by atoms with Crippen LogP contribution in [0.4, 0.5) is 0 Å². The van der Waals surface area contributed by atoms with Gasteiger partial charge in [0.05, 0.1) is 0 Å². The minimum Gasteiger partial charge on any atom is -0.335 e. The summed E-state index contributed by atoms with van der Waals surface area (Å²) in [5.41, 5.74) is 1.68. The molecular formula is C19H30N4O. The zero-order valence-electron chi connectivity index (χ0n) is 14.8. The Bertz CT molecular complexity index is 580. The molecule has 2 bridgehead atoms. The van der Waals surface area contributed by atoms with Crippen LogP contribution in [0.5, 0.6) is 0 Å². The standard InChI is InChI=1S/C19H30N4O/c1-2-4-16-9-18(21-20-16)19(24)23-12-15-7-8-17(13-23)22(11-15)10-14-5-3-6-14/h9,14-15,17H,2-8,10-13H2,1H3,(H,20,21)/t15-,17-/m0/s1. The van der Waals surface area contributed by atoms with E-state index in [4.69, 9.17) is 0 Å². The second-order valence-corrected chi connectivity index (χ2v) is 8.09. The van der Waals surface area contributed by atoms with Crippen molar-refractivity contribution in [3.05, 3.63) is 17.5 Å². The molecule has 4 aliphatic rings. The Hall–Kier alpha value is -1.36. The van der Waals surface area contributed by atoms with E-state index in [1.54, 1.807) is 0 Å². The Morgan fingerprint density at radius 2 is 2.12 bits per heavy atom. The lowest BCUT2D eigenvalue weighted by molar-refractivity contribution is 0.0712. The van der Waals surface area contributed by atoms with Gasteiger partial charge < -0.3 is 4.90 Å². The fourth-order valence-electron chi connectivity index (χ4n) is 4.61. The summed E-state index contributed by atoms with van der Waals surface area (Å²) in [6, 6.07) is 2.51. The topological polar surface area (TPSA) is 52.2 Å². The number of aromatic nitrogens is 2. The highest BCUT2D eigenvalue weighted by Crippen LogP contribution is 2.33. The number of rotatable bonds is 5. The minimum absolute atomic E-state index is 0.121. The minimum atomic E-state index is 0.121. The van der Waals surface area contributed by atoms with Crippen LogP contribution < -0.4 is 0 Å². The van der Waals surface area contributed by atoms with E-state index in [2.05, 4.69) is 26.9 Å². The monoisotopic (exact) mass is 330 g/mol. The number of fused-ring (bicyclic) bond motifs is 4. The van der Waals surface area contributed by atoms with Gasteiger partial charge >= 0.3 is 0 Å². The van der Waals surface area contributed by atoms with E-state index in [0.29, 0.717) is 17.7 Å². The fraction of sp³-hybridized carbons (Fsp3) is 0.789. The molecule has 4 heterocycles. The smallest absolute Gasteiger partial charge is 0.274 e. The zero-order valence-corrected chi connectivity index (χ0v) is 14.8. The Kier molecular flexibility index (Phi) is 4.61. The molecule has 5 heteroatoms. The molecule has 0 radical (unpaired) electrons. The summed E-state index contributed by atoms with van der Waals surface area (Å²) >= 11 is 0. The number of H-pyrrole nitrogens is 1. The van der Waals surface area contributed by atoms with E-state index >= 15 is 0 Å². The third-order valence-electron chi connectivity index (χ3n) is 6.20. The van der Waals surface area contributed by atoms with Crippen molar-refractivity contribution in [3.63, 3.8) is 0 Å². The molecule has 3 saturated heterocycles. The zero-order chi connectivity index (χ0) is 16.5. The first-order valence-corrected chi connectivity index (χ1v) is 9.80. The summed E-state index contributed by atoms with van der Waals surface area (Å²) in [5, 5.41) is 7.29. The molecule has 1 aliphatic carbocycles. The number of hydrogen-bond donors (Lipinski definition) is 1. The van der Waals surface area contributed by atoms with Crippen molar-refractivity contribution in [1.29, 1.82) is 0 Å².